The number of carbonyl (C=O) groups excluding carboxylic acids is 1. The summed E-state index contributed by atoms with van der Waals surface area (Å²) >= 11 is 1.09. The van der Waals surface area contributed by atoms with Crippen LogP contribution in [0.25, 0.3) is 22.4 Å². The zero-order valence-electron chi connectivity index (χ0n) is 19.6. The summed E-state index contributed by atoms with van der Waals surface area (Å²) in [5, 5.41) is 3.29. The van der Waals surface area contributed by atoms with Crippen LogP contribution in [0.5, 0.6) is 11.5 Å². The number of benzene rings is 2. The third kappa shape index (κ3) is 4.76. The van der Waals surface area contributed by atoms with Crippen molar-refractivity contribution in [1.82, 2.24) is 19.1 Å². The average molecular weight is 494 g/mol. The van der Waals surface area contributed by atoms with E-state index in [0.29, 0.717) is 28.0 Å². The van der Waals surface area contributed by atoms with Gasteiger partial charge in [-0.25, -0.2) is 14.8 Å². The standard InChI is InChI=1S/C24H23N5O5S/c1-28-21-19(23(31)29(2)24(28)32)22(27-20(26-21)14-8-6-5-7-9-14)35-13-18(30)25-15-10-11-16(33-3)17(12-15)34-4/h5-12H,13H2,1-4H3,(H,25,30). The van der Waals surface area contributed by atoms with Crippen molar-refractivity contribution in [3.05, 3.63) is 69.4 Å². The summed E-state index contributed by atoms with van der Waals surface area (Å²) < 4.78 is 12.8. The molecular formula is C24H23N5O5S. The molecule has 0 aliphatic heterocycles. The van der Waals surface area contributed by atoms with Gasteiger partial charge in [-0.15, -0.1) is 0 Å². The molecular weight excluding hydrogens is 470 g/mol. The van der Waals surface area contributed by atoms with Crippen LogP contribution in [0.3, 0.4) is 0 Å². The molecule has 0 bridgehead atoms. The first kappa shape index (κ1) is 24.0. The molecule has 2 heterocycles. The van der Waals surface area contributed by atoms with Gasteiger partial charge in [0.05, 0.1) is 20.0 Å². The minimum atomic E-state index is -0.523. The van der Waals surface area contributed by atoms with Crippen LogP contribution in [0, 0.1) is 0 Å². The number of rotatable bonds is 7. The zero-order chi connectivity index (χ0) is 25.1. The average Bonchev–Trinajstić information content (AvgIpc) is 2.89. The number of amides is 1. The van der Waals surface area contributed by atoms with E-state index in [-0.39, 0.29) is 22.7 Å². The van der Waals surface area contributed by atoms with Crippen LogP contribution in [-0.2, 0) is 18.9 Å². The third-order valence-corrected chi connectivity index (χ3v) is 6.28. The maximum Gasteiger partial charge on any atom is 0.332 e. The Labute approximate surface area is 204 Å². The monoisotopic (exact) mass is 493 g/mol. The Morgan fingerprint density at radius 3 is 2.37 bits per heavy atom. The molecule has 4 aromatic rings. The zero-order valence-corrected chi connectivity index (χ0v) is 20.4. The second-order valence-corrected chi connectivity index (χ2v) is 8.49. The number of hydrogen-bond donors (Lipinski definition) is 1. The summed E-state index contributed by atoms with van der Waals surface area (Å²) in [6.07, 6.45) is 0. The smallest absolute Gasteiger partial charge is 0.332 e. The number of hydrogen-bond acceptors (Lipinski definition) is 8. The Morgan fingerprint density at radius 1 is 0.971 bits per heavy atom. The minimum absolute atomic E-state index is 0.0271. The van der Waals surface area contributed by atoms with Crippen LogP contribution in [0.15, 0.2) is 63.1 Å². The third-order valence-electron chi connectivity index (χ3n) is 5.31. The van der Waals surface area contributed by atoms with Crippen molar-refractivity contribution in [1.29, 1.82) is 0 Å². The van der Waals surface area contributed by atoms with Gasteiger partial charge in [0.1, 0.15) is 10.4 Å². The van der Waals surface area contributed by atoms with Gasteiger partial charge < -0.3 is 14.8 Å². The molecule has 0 unspecified atom stereocenters. The van der Waals surface area contributed by atoms with E-state index in [1.807, 2.05) is 30.3 Å². The van der Waals surface area contributed by atoms with Crippen molar-refractivity contribution in [2.24, 2.45) is 14.1 Å². The number of carbonyl (C=O) groups is 1. The van der Waals surface area contributed by atoms with Crippen LogP contribution in [0.1, 0.15) is 0 Å². The lowest BCUT2D eigenvalue weighted by atomic mass is 10.2. The highest BCUT2D eigenvalue weighted by molar-refractivity contribution is 8.00. The van der Waals surface area contributed by atoms with Gasteiger partial charge in [0.2, 0.25) is 5.91 Å². The van der Waals surface area contributed by atoms with E-state index in [1.54, 1.807) is 25.2 Å². The normalized spacial score (nSPS) is 10.9. The van der Waals surface area contributed by atoms with Gasteiger partial charge in [-0.3, -0.25) is 18.7 Å². The topological polar surface area (TPSA) is 117 Å². The number of anilines is 1. The number of thioether (sulfide) groups is 1. The van der Waals surface area contributed by atoms with E-state index < -0.39 is 11.2 Å². The van der Waals surface area contributed by atoms with E-state index in [9.17, 15) is 14.4 Å². The lowest BCUT2D eigenvalue weighted by Crippen LogP contribution is -2.37. The molecule has 0 aliphatic carbocycles. The number of aryl methyl sites for hydroxylation is 1. The number of methoxy groups -OCH3 is 2. The van der Waals surface area contributed by atoms with Crippen molar-refractivity contribution in [3.8, 4) is 22.9 Å². The molecule has 11 heteroatoms. The molecule has 0 fully saturated rings. The lowest BCUT2D eigenvalue weighted by molar-refractivity contribution is -0.113. The maximum atomic E-state index is 13.0. The summed E-state index contributed by atoms with van der Waals surface area (Å²) in [5.74, 6) is 1.04. The fourth-order valence-electron chi connectivity index (χ4n) is 3.49. The Bertz CT molecular complexity index is 1530. The van der Waals surface area contributed by atoms with Gasteiger partial charge in [0, 0.05) is 31.4 Å². The molecule has 4 rings (SSSR count). The predicted octanol–water partition coefficient (Wildman–Crippen LogP) is 2.44. The molecule has 35 heavy (non-hydrogen) atoms. The van der Waals surface area contributed by atoms with Crippen molar-refractivity contribution >= 4 is 34.4 Å². The van der Waals surface area contributed by atoms with Gasteiger partial charge in [-0.1, -0.05) is 42.1 Å². The molecule has 0 radical (unpaired) electrons. The Morgan fingerprint density at radius 2 is 1.69 bits per heavy atom. The Balaban J connectivity index is 1.69. The second kappa shape index (κ2) is 10.0. The molecule has 0 saturated heterocycles. The predicted molar refractivity (Wildman–Crippen MR) is 134 cm³/mol. The highest BCUT2D eigenvalue weighted by atomic mass is 32.2. The number of nitrogens with zero attached hydrogens (tertiary/aromatic N) is 4. The van der Waals surface area contributed by atoms with E-state index >= 15 is 0 Å². The maximum absolute atomic E-state index is 13.0. The van der Waals surface area contributed by atoms with Gasteiger partial charge in [-0.05, 0) is 12.1 Å². The number of fused-ring (bicyclic) bond motifs is 1. The van der Waals surface area contributed by atoms with Crippen LogP contribution in [0.4, 0.5) is 5.69 Å². The van der Waals surface area contributed by atoms with Gasteiger partial charge in [0.25, 0.3) is 5.56 Å². The van der Waals surface area contributed by atoms with Crippen molar-refractivity contribution in [3.63, 3.8) is 0 Å². The van der Waals surface area contributed by atoms with Crippen LogP contribution < -0.4 is 26.0 Å². The quantitative estimate of drug-likeness (QED) is 0.308. The molecule has 0 atom stereocenters. The van der Waals surface area contributed by atoms with Crippen LogP contribution in [0.2, 0.25) is 0 Å². The molecule has 0 spiro atoms. The molecule has 2 aromatic heterocycles. The fraction of sp³-hybridized carbons (Fsp3) is 0.208. The minimum Gasteiger partial charge on any atom is -0.493 e. The first-order valence-corrected chi connectivity index (χ1v) is 11.5. The van der Waals surface area contributed by atoms with Crippen molar-refractivity contribution < 1.29 is 14.3 Å². The lowest BCUT2D eigenvalue weighted by Gasteiger charge is -2.12. The molecule has 10 nitrogen and oxygen atoms in total. The van der Waals surface area contributed by atoms with E-state index in [1.165, 1.54) is 25.8 Å². The van der Waals surface area contributed by atoms with Gasteiger partial charge in [-0.2, -0.15) is 0 Å². The first-order valence-electron chi connectivity index (χ1n) is 10.5. The second-order valence-electron chi connectivity index (χ2n) is 7.53. The molecule has 1 N–H and O–H groups in total. The molecule has 1 amide bonds. The van der Waals surface area contributed by atoms with Crippen LogP contribution in [-0.4, -0.2) is 45.0 Å². The highest BCUT2D eigenvalue weighted by Crippen LogP contribution is 2.30. The molecule has 180 valence electrons. The number of aromatic nitrogens is 4. The Hall–Kier alpha value is -4.12. The SMILES string of the molecule is COc1ccc(NC(=O)CSc2nc(-c3ccccc3)nc3c2c(=O)n(C)c(=O)n3C)cc1OC. The van der Waals surface area contributed by atoms with Gasteiger partial charge in [0.15, 0.2) is 23.0 Å². The Kier molecular flexibility index (Phi) is 6.87. The molecule has 0 saturated carbocycles. The van der Waals surface area contributed by atoms with E-state index in [2.05, 4.69) is 15.3 Å². The van der Waals surface area contributed by atoms with E-state index in [4.69, 9.17) is 9.47 Å². The highest BCUT2D eigenvalue weighted by Gasteiger charge is 2.19. The fourth-order valence-corrected chi connectivity index (χ4v) is 4.31. The van der Waals surface area contributed by atoms with E-state index in [0.717, 1.165) is 21.9 Å². The number of ether oxygens (including phenoxy) is 2. The summed E-state index contributed by atoms with van der Waals surface area (Å²) in [6.45, 7) is 0. The largest absolute Gasteiger partial charge is 0.493 e. The summed E-state index contributed by atoms with van der Waals surface area (Å²) in [6, 6.07) is 14.3. The first-order chi connectivity index (χ1) is 16.8. The summed E-state index contributed by atoms with van der Waals surface area (Å²) in [4.78, 5) is 47.3. The van der Waals surface area contributed by atoms with Crippen molar-refractivity contribution in [2.45, 2.75) is 5.03 Å². The number of nitrogens with one attached hydrogen (secondary N) is 1. The molecule has 0 aliphatic rings. The van der Waals surface area contributed by atoms with Crippen LogP contribution >= 0.6 is 11.8 Å². The van der Waals surface area contributed by atoms with Gasteiger partial charge >= 0.3 is 5.69 Å². The van der Waals surface area contributed by atoms with Crippen molar-refractivity contribution in [2.75, 3.05) is 25.3 Å². The molecule has 2 aromatic carbocycles. The summed E-state index contributed by atoms with van der Waals surface area (Å²) in [7, 11) is 5.98. The summed E-state index contributed by atoms with van der Waals surface area (Å²) in [5.41, 5.74) is 0.436.